The molecule has 3 rings (SSSR count). The van der Waals surface area contributed by atoms with Crippen LogP contribution in [0, 0.1) is 12.8 Å². The normalized spacial score (nSPS) is 16.0. The van der Waals surface area contributed by atoms with Crippen molar-refractivity contribution in [3.8, 4) is 0 Å². The van der Waals surface area contributed by atoms with Gasteiger partial charge in [-0.15, -0.1) is 10.2 Å². The molecule has 0 aromatic carbocycles. The van der Waals surface area contributed by atoms with Crippen LogP contribution in [-0.4, -0.2) is 50.1 Å². The van der Waals surface area contributed by atoms with E-state index in [2.05, 4.69) is 19.9 Å². The maximum absolute atomic E-state index is 12.3. The third kappa shape index (κ3) is 3.41. The lowest BCUT2D eigenvalue weighted by Gasteiger charge is -2.31. The van der Waals surface area contributed by atoms with Gasteiger partial charge in [0.15, 0.2) is 10.9 Å². The number of carbonyl (C=O) groups is 1. The lowest BCUT2D eigenvalue weighted by Crippen LogP contribution is -2.39. The maximum Gasteiger partial charge on any atom is 0.276 e. The number of carbonyl (C=O) groups excluding carboxylic acids is 1. The zero-order chi connectivity index (χ0) is 16.4. The smallest absolute Gasteiger partial charge is 0.276 e. The van der Waals surface area contributed by atoms with E-state index in [4.69, 9.17) is 4.52 Å². The van der Waals surface area contributed by atoms with Crippen molar-refractivity contribution in [2.24, 2.45) is 13.0 Å². The van der Waals surface area contributed by atoms with Gasteiger partial charge in [-0.05, 0) is 31.9 Å². The van der Waals surface area contributed by atoms with Crippen molar-refractivity contribution in [3.05, 3.63) is 23.3 Å². The molecule has 1 aliphatic heterocycles. The highest BCUT2D eigenvalue weighted by molar-refractivity contribution is 7.98. The second kappa shape index (κ2) is 6.74. The van der Waals surface area contributed by atoms with E-state index in [1.807, 2.05) is 18.2 Å². The number of nitrogens with zero attached hydrogens (tertiary/aromatic N) is 5. The summed E-state index contributed by atoms with van der Waals surface area (Å²) in [6, 6.07) is 1.69. The summed E-state index contributed by atoms with van der Waals surface area (Å²) in [5, 5.41) is 13.2. The average molecular weight is 335 g/mol. The van der Waals surface area contributed by atoms with E-state index in [9.17, 15) is 4.79 Å². The van der Waals surface area contributed by atoms with Gasteiger partial charge in [-0.1, -0.05) is 16.9 Å². The summed E-state index contributed by atoms with van der Waals surface area (Å²) in [5.41, 5.74) is 0.402. The van der Waals surface area contributed by atoms with Crippen molar-refractivity contribution in [1.82, 2.24) is 24.8 Å². The van der Waals surface area contributed by atoms with Gasteiger partial charge in [0.2, 0.25) is 0 Å². The summed E-state index contributed by atoms with van der Waals surface area (Å²) >= 11 is 1.60. The van der Waals surface area contributed by atoms with E-state index in [-0.39, 0.29) is 5.91 Å². The first kappa shape index (κ1) is 16.0. The Morgan fingerprint density at radius 2 is 2.13 bits per heavy atom. The predicted octanol–water partition coefficient (Wildman–Crippen LogP) is 1.93. The Morgan fingerprint density at radius 3 is 2.70 bits per heavy atom. The van der Waals surface area contributed by atoms with Gasteiger partial charge >= 0.3 is 0 Å². The van der Waals surface area contributed by atoms with Crippen LogP contribution in [0.25, 0.3) is 0 Å². The van der Waals surface area contributed by atoms with Crippen molar-refractivity contribution in [2.45, 2.75) is 31.3 Å². The highest BCUT2D eigenvalue weighted by atomic mass is 32.2. The summed E-state index contributed by atoms with van der Waals surface area (Å²) in [5.74, 6) is 2.18. The number of likely N-dealkylation sites (tertiary alicyclic amines) is 1. The predicted molar refractivity (Wildman–Crippen MR) is 86.4 cm³/mol. The summed E-state index contributed by atoms with van der Waals surface area (Å²) in [6.07, 6.45) is 4.87. The third-order valence-corrected chi connectivity index (χ3v) is 5.05. The number of amides is 1. The van der Waals surface area contributed by atoms with E-state index < -0.39 is 0 Å². The zero-order valence-electron chi connectivity index (χ0n) is 13.7. The third-order valence-electron chi connectivity index (χ3n) is 4.33. The monoisotopic (exact) mass is 335 g/mol. The second-order valence-corrected chi connectivity index (χ2v) is 6.70. The van der Waals surface area contributed by atoms with E-state index in [1.54, 1.807) is 24.8 Å². The molecular formula is C15H21N5O2S. The van der Waals surface area contributed by atoms with Crippen LogP contribution in [0.4, 0.5) is 0 Å². The fraction of sp³-hybridized carbons (Fsp3) is 0.600. The average Bonchev–Trinajstić information content (AvgIpc) is 3.14. The SMILES string of the molecule is CSc1nnc(CC2CCN(C(=O)c3cc(C)on3)CC2)n1C. The zero-order valence-corrected chi connectivity index (χ0v) is 14.5. The highest BCUT2D eigenvalue weighted by Gasteiger charge is 2.26. The number of rotatable bonds is 4. The van der Waals surface area contributed by atoms with Crippen LogP contribution in [0.3, 0.4) is 0 Å². The number of aryl methyl sites for hydroxylation is 1. The summed E-state index contributed by atoms with van der Waals surface area (Å²) in [6.45, 7) is 3.30. The molecule has 1 amide bonds. The molecule has 124 valence electrons. The van der Waals surface area contributed by atoms with Crippen molar-refractivity contribution in [3.63, 3.8) is 0 Å². The van der Waals surface area contributed by atoms with Gasteiger partial charge in [0.25, 0.3) is 5.91 Å². The first-order chi connectivity index (χ1) is 11.1. The molecule has 0 atom stereocenters. The minimum absolute atomic E-state index is 0.0383. The van der Waals surface area contributed by atoms with Crippen LogP contribution in [-0.2, 0) is 13.5 Å². The second-order valence-electron chi connectivity index (χ2n) is 5.92. The number of hydrogen-bond acceptors (Lipinski definition) is 6. The minimum atomic E-state index is -0.0383. The van der Waals surface area contributed by atoms with Crippen LogP contribution in [0.1, 0.15) is 34.9 Å². The van der Waals surface area contributed by atoms with Crippen LogP contribution in [0.5, 0.6) is 0 Å². The van der Waals surface area contributed by atoms with Gasteiger partial charge in [-0.25, -0.2) is 0 Å². The van der Waals surface area contributed by atoms with E-state index in [1.165, 1.54) is 0 Å². The maximum atomic E-state index is 12.3. The first-order valence-corrected chi connectivity index (χ1v) is 8.95. The van der Waals surface area contributed by atoms with Crippen LogP contribution < -0.4 is 0 Å². The Hall–Kier alpha value is -1.83. The molecule has 0 N–H and O–H groups in total. The van der Waals surface area contributed by atoms with Gasteiger partial charge in [-0.2, -0.15) is 0 Å². The van der Waals surface area contributed by atoms with Crippen molar-refractivity contribution in [1.29, 1.82) is 0 Å². The molecule has 23 heavy (non-hydrogen) atoms. The largest absolute Gasteiger partial charge is 0.361 e. The molecule has 2 aromatic heterocycles. The minimum Gasteiger partial charge on any atom is -0.361 e. The molecular weight excluding hydrogens is 314 g/mol. The molecule has 8 heteroatoms. The molecule has 0 aliphatic carbocycles. The van der Waals surface area contributed by atoms with Crippen molar-refractivity contribution in [2.75, 3.05) is 19.3 Å². The van der Waals surface area contributed by atoms with Gasteiger partial charge in [0, 0.05) is 32.6 Å². The Kier molecular flexibility index (Phi) is 4.70. The molecule has 1 fully saturated rings. The van der Waals surface area contributed by atoms with E-state index >= 15 is 0 Å². The molecule has 1 saturated heterocycles. The topological polar surface area (TPSA) is 77.1 Å². The molecule has 0 spiro atoms. The summed E-state index contributed by atoms with van der Waals surface area (Å²) in [4.78, 5) is 14.2. The molecule has 0 saturated carbocycles. The number of thioether (sulfide) groups is 1. The Labute approximate surface area is 139 Å². The lowest BCUT2D eigenvalue weighted by molar-refractivity contribution is 0.0679. The van der Waals surface area contributed by atoms with Crippen molar-refractivity contribution < 1.29 is 9.32 Å². The Morgan fingerprint density at radius 1 is 1.39 bits per heavy atom. The fourth-order valence-electron chi connectivity index (χ4n) is 2.93. The Bertz CT molecular complexity index is 688. The van der Waals surface area contributed by atoms with Crippen LogP contribution in [0.15, 0.2) is 15.7 Å². The molecule has 7 nitrogen and oxygen atoms in total. The standard InChI is InChI=1S/C15H21N5O2S/c1-10-8-12(18-22-10)14(21)20-6-4-11(5-7-20)9-13-16-17-15(23-3)19(13)2/h8,11H,4-7,9H2,1-3H3. The van der Waals surface area contributed by atoms with Crippen LogP contribution >= 0.6 is 11.8 Å². The molecule has 1 aliphatic rings. The quantitative estimate of drug-likeness (QED) is 0.795. The molecule has 0 bridgehead atoms. The Balaban J connectivity index is 1.56. The molecule has 0 unspecified atom stereocenters. The van der Waals surface area contributed by atoms with E-state index in [0.29, 0.717) is 17.4 Å². The van der Waals surface area contributed by atoms with Crippen molar-refractivity contribution >= 4 is 17.7 Å². The van der Waals surface area contributed by atoms with Gasteiger partial charge in [0.05, 0.1) is 0 Å². The molecule has 3 heterocycles. The van der Waals surface area contributed by atoms with E-state index in [0.717, 1.165) is 43.3 Å². The molecule has 0 radical (unpaired) electrons. The number of piperidine rings is 1. The highest BCUT2D eigenvalue weighted by Crippen LogP contribution is 2.23. The first-order valence-electron chi connectivity index (χ1n) is 7.73. The number of aromatic nitrogens is 4. The van der Waals surface area contributed by atoms with Gasteiger partial charge < -0.3 is 14.0 Å². The molecule has 2 aromatic rings. The fourth-order valence-corrected chi connectivity index (χ4v) is 3.43. The lowest BCUT2D eigenvalue weighted by atomic mass is 9.93. The number of hydrogen-bond donors (Lipinski definition) is 0. The summed E-state index contributed by atoms with van der Waals surface area (Å²) in [7, 11) is 2.01. The summed E-state index contributed by atoms with van der Waals surface area (Å²) < 4.78 is 7.04. The van der Waals surface area contributed by atoms with Gasteiger partial charge in [-0.3, -0.25) is 4.79 Å². The van der Waals surface area contributed by atoms with Crippen LogP contribution in [0.2, 0.25) is 0 Å². The van der Waals surface area contributed by atoms with Gasteiger partial charge in [0.1, 0.15) is 11.6 Å².